The molecule has 7 nitrogen and oxygen atoms in total. The lowest BCUT2D eigenvalue weighted by Gasteiger charge is -2.13. The van der Waals surface area contributed by atoms with Gasteiger partial charge in [0.2, 0.25) is 0 Å². The number of nitrogens with one attached hydrogen (secondary N) is 2. The molecular formula is C19H16F2N6O. The predicted molar refractivity (Wildman–Crippen MR) is 97.8 cm³/mol. The van der Waals surface area contributed by atoms with Crippen LogP contribution in [0.3, 0.4) is 0 Å². The Kier molecular flexibility index (Phi) is 4.14. The maximum atomic E-state index is 14.4. The van der Waals surface area contributed by atoms with Crippen LogP contribution < -0.4 is 5.49 Å². The molecule has 0 aliphatic rings. The van der Waals surface area contributed by atoms with Gasteiger partial charge in [-0.05, 0) is 12.1 Å². The fraction of sp³-hybridized carbons (Fsp3) is 0.158. The van der Waals surface area contributed by atoms with Gasteiger partial charge in [-0.1, -0.05) is 13.8 Å². The summed E-state index contributed by atoms with van der Waals surface area (Å²) in [4.78, 5) is 8.61. The molecule has 142 valence electrons. The molecule has 0 aliphatic heterocycles. The fourth-order valence-electron chi connectivity index (χ4n) is 2.92. The summed E-state index contributed by atoms with van der Waals surface area (Å²) >= 11 is 0. The molecule has 0 bridgehead atoms. The molecule has 2 N–H and O–H groups in total. The first-order valence-electron chi connectivity index (χ1n) is 8.50. The van der Waals surface area contributed by atoms with E-state index in [1.165, 1.54) is 29.3 Å². The molecule has 3 aromatic heterocycles. The maximum Gasteiger partial charge on any atom is 0.306 e. The number of hydrogen-bond acceptors (Lipinski definition) is 5. The number of hydrogen-bond donors (Lipinski definition) is 2. The van der Waals surface area contributed by atoms with Gasteiger partial charge in [0.1, 0.15) is 46.3 Å². The van der Waals surface area contributed by atoms with Crippen molar-refractivity contribution < 1.29 is 13.2 Å². The summed E-state index contributed by atoms with van der Waals surface area (Å²) in [6, 6.07) is 3.24. The maximum absolute atomic E-state index is 14.4. The van der Waals surface area contributed by atoms with Crippen molar-refractivity contribution in [3.8, 4) is 22.6 Å². The van der Waals surface area contributed by atoms with Crippen molar-refractivity contribution in [1.29, 1.82) is 10.8 Å². The third kappa shape index (κ3) is 2.81. The molecule has 0 spiro atoms. The molecular weight excluding hydrogens is 366 g/mol. The van der Waals surface area contributed by atoms with Crippen molar-refractivity contribution in [2.45, 2.75) is 13.8 Å². The summed E-state index contributed by atoms with van der Waals surface area (Å²) in [5.41, 5.74) is 1.15. The molecule has 0 aliphatic carbocycles. The van der Waals surface area contributed by atoms with Gasteiger partial charge in [-0.25, -0.2) is 13.8 Å². The molecule has 4 aromatic rings. The average molecular weight is 382 g/mol. The van der Waals surface area contributed by atoms with Gasteiger partial charge in [0, 0.05) is 29.9 Å². The normalized spacial score (nSPS) is 11.5. The van der Waals surface area contributed by atoms with Gasteiger partial charge in [0.25, 0.3) is 0 Å². The topological polar surface area (TPSA) is 96.0 Å². The standard InChI is InChI=1S/C19H16F2N6O/c1-10(2)18(23)27-9-14(24-8-15(27)22)17-16(25-19-26(17)5-6-28-19)12-4-3-11(20)7-13(12)21/h3-10,22-23H,1-2H3. The smallest absolute Gasteiger partial charge is 0.306 e. The van der Waals surface area contributed by atoms with Crippen LogP contribution in [0.2, 0.25) is 0 Å². The summed E-state index contributed by atoms with van der Waals surface area (Å²) in [6.07, 6.45) is 5.89. The Morgan fingerprint density at radius 2 is 2.04 bits per heavy atom. The molecule has 0 atom stereocenters. The molecule has 0 saturated heterocycles. The number of oxazole rings is 1. The highest BCUT2D eigenvalue weighted by Gasteiger charge is 2.22. The fourth-order valence-corrected chi connectivity index (χ4v) is 2.92. The minimum atomic E-state index is -0.762. The number of aromatic nitrogens is 4. The van der Waals surface area contributed by atoms with Gasteiger partial charge >= 0.3 is 5.84 Å². The molecule has 0 fully saturated rings. The lowest BCUT2D eigenvalue weighted by molar-refractivity contribution is 0.585. The van der Waals surface area contributed by atoms with E-state index in [9.17, 15) is 8.78 Å². The molecule has 4 rings (SSSR count). The molecule has 0 saturated carbocycles. The zero-order valence-electron chi connectivity index (χ0n) is 15.1. The van der Waals surface area contributed by atoms with Crippen LogP contribution in [0, 0.1) is 28.4 Å². The van der Waals surface area contributed by atoms with Crippen molar-refractivity contribution in [3.05, 3.63) is 60.2 Å². The number of nitrogens with zero attached hydrogens (tertiary/aromatic N) is 4. The van der Waals surface area contributed by atoms with Crippen LogP contribution in [0.15, 0.2) is 47.5 Å². The van der Waals surface area contributed by atoms with E-state index in [2.05, 4.69) is 9.97 Å². The van der Waals surface area contributed by atoms with Gasteiger partial charge in [0.05, 0.1) is 6.20 Å². The molecule has 28 heavy (non-hydrogen) atoms. The summed E-state index contributed by atoms with van der Waals surface area (Å²) in [7, 11) is 0. The summed E-state index contributed by atoms with van der Waals surface area (Å²) in [6.45, 7) is 3.70. The second-order valence-corrected chi connectivity index (χ2v) is 6.56. The zero-order chi connectivity index (χ0) is 20.0. The quantitative estimate of drug-likeness (QED) is 0.418. The number of halogens is 2. The first-order chi connectivity index (χ1) is 13.4. The van der Waals surface area contributed by atoms with Gasteiger partial charge in [0.15, 0.2) is 0 Å². The summed E-state index contributed by atoms with van der Waals surface area (Å²) in [5, 5.41) is 16.3. The van der Waals surface area contributed by atoms with Crippen molar-refractivity contribution in [1.82, 2.24) is 18.9 Å². The van der Waals surface area contributed by atoms with Crippen LogP contribution in [-0.4, -0.2) is 24.8 Å². The van der Waals surface area contributed by atoms with Gasteiger partial charge < -0.3 is 4.42 Å². The SMILES string of the molecule is CC(C)C(=N)n1cc(-c2c(-c3ccc(F)cc3F)nc3occn23)ncc1=N. The van der Waals surface area contributed by atoms with Crippen LogP contribution in [-0.2, 0) is 0 Å². The number of imidazole rings is 1. The number of fused-ring (bicyclic) bond motifs is 1. The Balaban J connectivity index is 1.99. The van der Waals surface area contributed by atoms with Crippen LogP contribution in [0.1, 0.15) is 13.8 Å². The van der Waals surface area contributed by atoms with Crippen LogP contribution >= 0.6 is 0 Å². The van der Waals surface area contributed by atoms with Crippen molar-refractivity contribution in [2.24, 2.45) is 5.92 Å². The Morgan fingerprint density at radius 1 is 1.25 bits per heavy atom. The lowest BCUT2D eigenvalue weighted by atomic mass is 10.1. The van der Waals surface area contributed by atoms with Gasteiger partial charge in [-0.2, -0.15) is 4.98 Å². The Labute approximate surface area is 157 Å². The van der Waals surface area contributed by atoms with E-state index in [1.807, 2.05) is 13.8 Å². The van der Waals surface area contributed by atoms with Crippen molar-refractivity contribution >= 4 is 11.7 Å². The second-order valence-electron chi connectivity index (χ2n) is 6.56. The summed E-state index contributed by atoms with van der Waals surface area (Å²) in [5.74, 6) is -1.13. The molecule has 0 amide bonds. The van der Waals surface area contributed by atoms with E-state index in [1.54, 1.807) is 10.6 Å². The molecule has 0 unspecified atom stereocenters. The summed E-state index contributed by atoms with van der Waals surface area (Å²) < 4.78 is 36.1. The molecule has 1 aromatic carbocycles. The lowest BCUT2D eigenvalue weighted by Crippen LogP contribution is -2.29. The third-order valence-electron chi connectivity index (χ3n) is 4.33. The van der Waals surface area contributed by atoms with Crippen LogP contribution in [0.4, 0.5) is 8.78 Å². The van der Waals surface area contributed by atoms with E-state index >= 15 is 0 Å². The van der Waals surface area contributed by atoms with E-state index < -0.39 is 11.6 Å². The average Bonchev–Trinajstić information content (AvgIpc) is 3.23. The van der Waals surface area contributed by atoms with Crippen molar-refractivity contribution in [3.63, 3.8) is 0 Å². The monoisotopic (exact) mass is 382 g/mol. The van der Waals surface area contributed by atoms with Gasteiger partial charge in [-0.15, -0.1) is 0 Å². The Bertz CT molecular complexity index is 1270. The zero-order valence-corrected chi connectivity index (χ0v) is 15.1. The first kappa shape index (κ1) is 17.8. The molecule has 0 radical (unpaired) electrons. The van der Waals surface area contributed by atoms with Crippen LogP contribution in [0.25, 0.3) is 28.5 Å². The van der Waals surface area contributed by atoms with E-state index in [0.29, 0.717) is 11.4 Å². The largest absolute Gasteiger partial charge is 0.432 e. The third-order valence-corrected chi connectivity index (χ3v) is 4.33. The molecule has 3 heterocycles. The second kappa shape index (κ2) is 6.52. The first-order valence-corrected chi connectivity index (χ1v) is 8.50. The highest BCUT2D eigenvalue weighted by molar-refractivity contribution is 5.85. The number of rotatable bonds is 3. The minimum Gasteiger partial charge on any atom is -0.432 e. The van der Waals surface area contributed by atoms with E-state index in [0.717, 1.165) is 12.1 Å². The highest BCUT2D eigenvalue weighted by Crippen LogP contribution is 2.33. The van der Waals surface area contributed by atoms with Gasteiger partial charge in [-0.3, -0.25) is 19.8 Å². The molecule has 9 heteroatoms. The van der Waals surface area contributed by atoms with E-state index in [-0.39, 0.29) is 34.3 Å². The van der Waals surface area contributed by atoms with Crippen molar-refractivity contribution in [2.75, 3.05) is 0 Å². The minimum absolute atomic E-state index is 0.0462. The number of benzene rings is 1. The Hall–Kier alpha value is -3.62. The predicted octanol–water partition coefficient (Wildman–Crippen LogP) is 3.70. The van der Waals surface area contributed by atoms with Crippen LogP contribution in [0.5, 0.6) is 0 Å². The highest BCUT2D eigenvalue weighted by atomic mass is 19.1. The van der Waals surface area contributed by atoms with E-state index in [4.69, 9.17) is 15.2 Å². The Morgan fingerprint density at radius 3 is 2.75 bits per heavy atom.